The summed E-state index contributed by atoms with van der Waals surface area (Å²) in [6.45, 7) is 0.896. The molecule has 0 amide bonds. The lowest BCUT2D eigenvalue weighted by atomic mass is 9.83. The standard InChI is InChI=1S/C14H16ClFN2/c15-9-14-17-12-5-4-11(16)8-13(12)18(14)7-6-10-2-1-3-10/h4-5,8,10H,1-3,6-7,9H2. The van der Waals surface area contributed by atoms with E-state index in [0.717, 1.165) is 35.7 Å². The second-order valence-electron chi connectivity index (χ2n) is 5.03. The summed E-state index contributed by atoms with van der Waals surface area (Å²) in [4.78, 5) is 4.46. The van der Waals surface area contributed by atoms with E-state index in [2.05, 4.69) is 9.55 Å². The van der Waals surface area contributed by atoms with Gasteiger partial charge < -0.3 is 4.57 Å². The van der Waals surface area contributed by atoms with Crippen molar-refractivity contribution >= 4 is 22.6 Å². The Hall–Kier alpha value is -1.09. The highest BCUT2D eigenvalue weighted by Crippen LogP contribution is 2.30. The van der Waals surface area contributed by atoms with Gasteiger partial charge in [-0.2, -0.15) is 0 Å². The molecule has 96 valence electrons. The molecule has 0 unspecified atom stereocenters. The average molecular weight is 267 g/mol. The van der Waals surface area contributed by atoms with Gasteiger partial charge >= 0.3 is 0 Å². The largest absolute Gasteiger partial charge is 0.327 e. The van der Waals surface area contributed by atoms with E-state index in [1.165, 1.54) is 25.3 Å². The topological polar surface area (TPSA) is 17.8 Å². The minimum absolute atomic E-state index is 0.214. The van der Waals surface area contributed by atoms with Gasteiger partial charge in [-0.1, -0.05) is 19.3 Å². The van der Waals surface area contributed by atoms with Crippen LogP contribution < -0.4 is 0 Å². The zero-order valence-electron chi connectivity index (χ0n) is 10.2. The molecule has 1 aliphatic rings. The third kappa shape index (κ3) is 2.12. The van der Waals surface area contributed by atoms with Crippen LogP contribution in [0.2, 0.25) is 0 Å². The Bertz CT molecular complexity index is 560. The van der Waals surface area contributed by atoms with Crippen molar-refractivity contribution < 1.29 is 4.39 Å². The fourth-order valence-electron chi connectivity index (χ4n) is 2.59. The van der Waals surface area contributed by atoms with E-state index < -0.39 is 0 Å². The number of rotatable bonds is 4. The number of halogens is 2. The molecule has 1 aromatic heterocycles. The van der Waals surface area contributed by atoms with Crippen molar-refractivity contribution in [1.82, 2.24) is 9.55 Å². The lowest BCUT2D eigenvalue weighted by molar-refractivity contribution is 0.282. The van der Waals surface area contributed by atoms with Crippen LogP contribution in [0.1, 0.15) is 31.5 Å². The van der Waals surface area contributed by atoms with Gasteiger partial charge in [0, 0.05) is 6.54 Å². The van der Waals surface area contributed by atoms with Crippen LogP contribution in [0.4, 0.5) is 4.39 Å². The van der Waals surface area contributed by atoms with Gasteiger partial charge in [-0.3, -0.25) is 0 Å². The zero-order chi connectivity index (χ0) is 12.5. The average Bonchev–Trinajstić information content (AvgIpc) is 2.65. The fourth-order valence-corrected chi connectivity index (χ4v) is 2.79. The molecule has 0 aliphatic heterocycles. The van der Waals surface area contributed by atoms with Crippen molar-refractivity contribution in [1.29, 1.82) is 0 Å². The van der Waals surface area contributed by atoms with E-state index in [4.69, 9.17) is 11.6 Å². The van der Waals surface area contributed by atoms with E-state index in [1.807, 2.05) is 0 Å². The summed E-state index contributed by atoms with van der Waals surface area (Å²) in [5.74, 6) is 1.84. The first-order valence-electron chi connectivity index (χ1n) is 6.48. The number of alkyl halides is 1. The Morgan fingerprint density at radius 3 is 2.89 bits per heavy atom. The smallest absolute Gasteiger partial charge is 0.125 e. The van der Waals surface area contributed by atoms with Gasteiger partial charge in [0.2, 0.25) is 0 Å². The quantitative estimate of drug-likeness (QED) is 0.762. The number of fused-ring (bicyclic) bond motifs is 1. The predicted octanol–water partition coefficient (Wildman–Crippen LogP) is 4.10. The molecule has 0 bridgehead atoms. The van der Waals surface area contributed by atoms with Crippen LogP contribution in [0.25, 0.3) is 11.0 Å². The molecule has 0 N–H and O–H groups in total. The summed E-state index contributed by atoms with van der Waals surface area (Å²) in [7, 11) is 0. The molecule has 1 saturated carbocycles. The summed E-state index contributed by atoms with van der Waals surface area (Å²) in [6.07, 6.45) is 5.16. The van der Waals surface area contributed by atoms with Crippen LogP contribution in [-0.4, -0.2) is 9.55 Å². The van der Waals surface area contributed by atoms with E-state index in [9.17, 15) is 4.39 Å². The third-order valence-corrected chi connectivity index (χ3v) is 4.13. The zero-order valence-corrected chi connectivity index (χ0v) is 11.0. The molecular weight excluding hydrogens is 251 g/mol. The summed E-state index contributed by atoms with van der Waals surface area (Å²) >= 11 is 5.93. The number of hydrogen-bond acceptors (Lipinski definition) is 1. The molecule has 1 aliphatic carbocycles. The molecule has 0 atom stereocenters. The highest BCUT2D eigenvalue weighted by Gasteiger charge is 2.18. The number of nitrogens with zero attached hydrogens (tertiary/aromatic N) is 2. The lowest BCUT2D eigenvalue weighted by Gasteiger charge is -2.25. The van der Waals surface area contributed by atoms with Crippen LogP contribution in [-0.2, 0) is 12.4 Å². The number of hydrogen-bond donors (Lipinski definition) is 0. The number of aryl methyl sites for hydroxylation is 1. The number of imidazole rings is 1. The summed E-state index contributed by atoms with van der Waals surface area (Å²) in [5, 5.41) is 0. The molecule has 0 saturated heterocycles. The Kier molecular flexibility index (Phi) is 3.25. The van der Waals surface area contributed by atoms with Crippen molar-refractivity contribution in [3.63, 3.8) is 0 Å². The molecule has 3 rings (SSSR count). The number of aromatic nitrogens is 2. The summed E-state index contributed by atoms with van der Waals surface area (Å²) < 4.78 is 15.4. The van der Waals surface area contributed by atoms with Crippen molar-refractivity contribution in [2.75, 3.05) is 0 Å². The Balaban J connectivity index is 1.92. The molecule has 0 spiro atoms. The van der Waals surface area contributed by atoms with Crippen LogP contribution in [0.3, 0.4) is 0 Å². The van der Waals surface area contributed by atoms with Crippen LogP contribution in [0.5, 0.6) is 0 Å². The molecule has 4 heteroatoms. The molecule has 1 heterocycles. The molecule has 2 aromatic rings. The maximum absolute atomic E-state index is 13.3. The SMILES string of the molecule is Fc1ccc2nc(CCl)n(CCC3CCC3)c2c1. The van der Waals surface area contributed by atoms with Crippen molar-refractivity contribution in [2.45, 2.75) is 38.1 Å². The van der Waals surface area contributed by atoms with Crippen LogP contribution in [0, 0.1) is 11.7 Å². The molecule has 1 aromatic carbocycles. The minimum Gasteiger partial charge on any atom is -0.327 e. The maximum Gasteiger partial charge on any atom is 0.125 e. The van der Waals surface area contributed by atoms with Gasteiger partial charge in [0.1, 0.15) is 11.6 Å². The normalized spacial score (nSPS) is 16.1. The first kappa shape index (κ1) is 12.0. The third-order valence-electron chi connectivity index (χ3n) is 3.89. The first-order chi connectivity index (χ1) is 8.78. The molecule has 18 heavy (non-hydrogen) atoms. The van der Waals surface area contributed by atoms with Crippen molar-refractivity contribution in [3.8, 4) is 0 Å². The van der Waals surface area contributed by atoms with Gasteiger partial charge in [0.15, 0.2) is 0 Å². The summed E-state index contributed by atoms with van der Waals surface area (Å²) in [6, 6.07) is 4.73. The van der Waals surface area contributed by atoms with E-state index in [-0.39, 0.29) is 5.82 Å². The highest BCUT2D eigenvalue weighted by atomic mass is 35.5. The Morgan fingerprint density at radius 2 is 2.22 bits per heavy atom. The second-order valence-corrected chi connectivity index (χ2v) is 5.30. The second kappa shape index (κ2) is 4.88. The van der Waals surface area contributed by atoms with E-state index >= 15 is 0 Å². The van der Waals surface area contributed by atoms with Crippen molar-refractivity contribution in [2.24, 2.45) is 5.92 Å². The molecular formula is C14H16ClFN2. The van der Waals surface area contributed by atoms with Crippen LogP contribution >= 0.6 is 11.6 Å². The predicted molar refractivity (Wildman–Crippen MR) is 71.2 cm³/mol. The van der Waals surface area contributed by atoms with Gasteiger partial charge in [0.25, 0.3) is 0 Å². The maximum atomic E-state index is 13.3. The highest BCUT2D eigenvalue weighted by molar-refractivity contribution is 6.16. The molecule has 0 radical (unpaired) electrons. The van der Waals surface area contributed by atoms with Crippen LogP contribution in [0.15, 0.2) is 18.2 Å². The van der Waals surface area contributed by atoms with Gasteiger partial charge in [-0.15, -0.1) is 11.6 Å². The number of benzene rings is 1. The molecule has 1 fully saturated rings. The summed E-state index contributed by atoms with van der Waals surface area (Å²) in [5.41, 5.74) is 1.70. The van der Waals surface area contributed by atoms with E-state index in [1.54, 1.807) is 12.1 Å². The molecule has 2 nitrogen and oxygen atoms in total. The van der Waals surface area contributed by atoms with Gasteiger partial charge in [-0.05, 0) is 30.5 Å². The lowest BCUT2D eigenvalue weighted by Crippen LogP contribution is -2.14. The first-order valence-corrected chi connectivity index (χ1v) is 7.02. The monoisotopic (exact) mass is 266 g/mol. The van der Waals surface area contributed by atoms with Gasteiger partial charge in [0.05, 0.1) is 16.9 Å². The fraction of sp³-hybridized carbons (Fsp3) is 0.500. The van der Waals surface area contributed by atoms with E-state index in [0.29, 0.717) is 5.88 Å². The van der Waals surface area contributed by atoms with Gasteiger partial charge in [-0.25, -0.2) is 9.37 Å². The van der Waals surface area contributed by atoms with Crippen molar-refractivity contribution in [3.05, 3.63) is 29.8 Å². The Labute approximate surface area is 111 Å². The Morgan fingerprint density at radius 1 is 1.39 bits per heavy atom. The minimum atomic E-state index is -0.214.